The van der Waals surface area contributed by atoms with E-state index in [4.69, 9.17) is 15.0 Å². The van der Waals surface area contributed by atoms with Gasteiger partial charge in [0.15, 0.2) is 17.5 Å². The van der Waals surface area contributed by atoms with Gasteiger partial charge >= 0.3 is 0 Å². The Morgan fingerprint density at radius 1 is 0.148 bits per heavy atom. The van der Waals surface area contributed by atoms with Crippen molar-refractivity contribution in [2.24, 2.45) is 0 Å². The van der Waals surface area contributed by atoms with Crippen molar-refractivity contribution in [1.82, 2.24) is 15.0 Å². The highest BCUT2D eigenvalue weighted by atomic mass is 32.1. The smallest absolute Gasteiger partial charge is 0.164 e. The molecule has 142 heavy (non-hydrogen) atoms. The molecule has 0 amide bonds. The molecule has 0 spiro atoms. The summed E-state index contributed by atoms with van der Waals surface area (Å²) in [6.45, 7) is 0. The van der Waals surface area contributed by atoms with Gasteiger partial charge in [0.25, 0.3) is 0 Å². The van der Waals surface area contributed by atoms with E-state index >= 15 is 0 Å². The summed E-state index contributed by atoms with van der Waals surface area (Å²) in [5, 5.41) is 15.6. The molecule has 0 fully saturated rings. The predicted octanol–water partition coefficient (Wildman–Crippen LogP) is 36.9. The van der Waals surface area contributed by atoms with E-state index in [1.54, 1.807) is 0 Å². The summed E-state index contributed by atoms with van der Waals surface area (Å²) >= 11 is 1.87. The summed E-state index contributed by atoms with van der Waals surface area (Å²) in [7, 11) is 0. The number of anilines is 6. The topological polar surface area (TPSA) is 74.8 Å². The van der Waals surface area contributed by atoms with Crippen molar-refractivity contribution < 1.29 is 0 Å². The van der Waals surface area contributed by atoms with E-state index in [-0.39, 0.29) is 0 Å². The van der Waals surface area contributed by atoms with E-state index in [0.717, 1.165) is 63.7 Å². The van der Waals surface area contributed by atoms with Crippen LogP contribution < -0.4 is 16.0 Å². The molecule has 22 aromatic carbocycles. The molecule has 3 N–H and O–H groups in total. The van der Waals surface area contributed by atoms with Gasteiger partial charge in [-0.25, -0.2) is 15.0 Å². The van der Waals surface area contributed by atoms with E-state index in [0.29, 0.717) is 17.5 Å². The van der Waals surface area contributed by atoms with Gasteiger partial charge in [0.1, 0.15) is 0 Å². The Balaban J connectivity index is 0.000000110. The molecule has 0 saturated heterocycles. The third-order valence-corrected chi connectivity index (χ3v) is 26.2. The number of para-hydroxylation sites is 3. The van der Waals surface area contributed by atoms with Crippen molar-refractivity contribution in [3.63, 3.8) is 0 Å². The minimum atomic E-state index is 0.643. The number of benzene rings is 22. The van der Waals surface area contributed by atoms with Gasteiger partial charge in [-0.05, 0) is 232 Å². The number of hydrogen-bond acceptors (Lipinski definition) is 7. The standard InChI is InChI=1S/C34H23NS.C27H20N4.2C25H20.C24H19N/c1-2-9-27(10-3-1)35-28-17-13-23(14-18-28)25-15-19-33-31(21-25)32-22-26(16-20-34(32)36-33)30-12-6-8-24-7-4-5-11-29(24)30;1-4-11-20(12-5-1)25-29-26(21-13-6-2-7-14-21)31-27(30-25)22-15-10-18-24(19-22)28-23-16-8-3-9-17-23;1-3-9-22(10-4-1)24-16-14-20(15-17-24)18-21-8-7-13-25(19-21)23-11-5-2-6-12-23;1-3-7-22(8-4-1)24-15-11-20(12-16-24)19-21-13-17-25(18-14-21)23-9-5-2-6-10-23;1-4-10-19(11-5-1)23-17-16-22(25-21-14-8-3-9-15-21)18-24(23)20-12-6-2-7-13-20/h1-22,35H;1-19,28H;1-17,19H,18H2;1-18H,19H2;1-18,25H. The Morgan fingerprint density at radius 2 is 0.430 bits per heavy atom. The lowest BCUT2D eigenvalue weighted by molar-refractivity contribution is 1.07. The van der Waals surface area contributed by atoms with Crippen LogP contribution in [0, 0.1) is 0 Å². The fraction of sp³-hybridized carbons (Fsp3) is 0.0148. The average molecular weight is 1840 g/mol. The first-order valence-electron chi connectivity index (χ1n) is 48.1. The van der Waals surface area contributed by atoms with Gasteiger partial charge in [0.2, 0.25) is 0 Å². The maximum Gasteiger partial charge on any atom is 0.164 e. The lowest BCUT2D eigenvalue weighted by atomic mass is 9.94. The summed E-state index contributed by atoms with van der Waals surface area (Å²) < 4.78 is 2.65. The molecule has 0 atom stereocenters. The van der Waals surface area contributed by atoms with Gasteiger partial charge in [0.05, 0.1) is 0 Å². The lowest BCUT2D eigenvalue weighted by Crippen LogP contribution is -2.00. The van der Waals surface area contributed by atoms with Crippen LogP contribution >= 0.6 is 11.3 Å². The molecule has 0 saturated carbocycles. The van der Waals surface area contributed by atoms with E-state index in [2.05, 4.69) is 447 Å². The van der Waals surface area contributed by atoms with Crippen molar-refractivity contribution in [2.75, 3.05) is 16.0 Å². The molecular formula is C135H102N6S. The number of nitrogens with zero attached hydrogens (tertiary/aromatic N) is 3. The van der Waals surface area contributed by atoms with Crippen LogP contribution in [0.4, 0.5) is 34.1 Å². The molecule has 24 aromatic rings. The predicted molar refractivity (Wildman–Crippen MR) is 603 cm³/mol. The molecular weight excluding hydrogens is 1740 g/mol. The molecule has 678 valence electrons. The second-order valence-corrected chi connectivity index (χ2v) is 35.9. The molecule has 0 radical (unpaired) electrons. The summed E-state index contributed by atoms with van der Waals surface area (Å²) in [6, 6.07) is 202. The van der Waals surface area contributed by atoms with Crippen LogP contribution in [0.2, 0.25) is 0 Å². The zero-order valence-electron chi connectivity index (χ0n) is 78.5. The highest BCUT2D eigenvalue weighted by Gasteiger charge is 2.17. The Hall–Kier alpha value is -18.3. The monoisotopic (exact) mass is 1840 g/mol. The minimum absolute atomic E-state index is 0.643. The number of rotatable bonds is 21. The third kappa shape index (κ3) is 23.7. The molecule has 0 aliphatic carbocycles. The van der Waals surface area contributed by atoms with Crippen molar-refractivity contribution >= 4 is 76.4 Å². The number of fused-ring (bicyclic) bond motifs is 4. The Bertz CT molecular complexity index is 8030. The molecule has 0 aliphatic heterocycles. The van der Waals surface area contributed by atoms with Crippen molar-refractivity contribution in [2.45, 2.75) is 12.8 Å². The highest BCUT2D eigenvalue weighted by molar-refractivity contribution is 7.25. The Kier molecular flexibility index (Phi) is 29.4. The van der Waals surface area contributed by atoms with Gasteiger partial charge in [-0.15, -0.1) is 11.3 Å². The van der Waals surface area contributed by atoms with E-state index in [1.165, 1.54) is 142 Å². The average Bonchev–Trinajstić information content (AvgIpc) is 1.60. The van der Waals surface area contributed by atoms with Gasteiger partial charge < -0.3 is 16.0 Å². The fourth-order valence-corrected chi connectivity index (χ4v) is 18.8. The molecule has 2 heterocycles. The molecule has 0 unspecified atom stereocenters. The Labute approximate surface area is 835 Å². The first-order valence-corrected chi connectivity index (χ1v) is 49.0. The fourth-order valence-electron chi connectivity index (χ4n) is 17.7. The normalized spacial score (nSPS) is 10.7. The van der Waals surface area contributed by atoms with Crippen molar-refractivity contribution in [1.29, 1.82) is 0 Å². The quantitative estimate of drug-likeness (QED) is 0.0666. The molecule has 24 rings (SSSR count). The minimum Gasteiger partial charge on any atom is -0.356 e. The van der Waals surface area contributed by atoms with Gasteiger partial charge in [-0.2, -0.15) is 0 Å². The number of nitrogens with one attached hydrogen (secondary N) is 3. The molecule has 7 heteroatoms. The zero-order chi connectivity index (χ0) is 95.5. The second kappa shape index (κ2) is 45.6. The summed E-state index contributed by atoms with van der Waals surface area (Å²) in [4.78, 5) is 14.3. The van der Waals surface area contributed by atoms with Gasteiger partial charge in [-0.3, -0.25) is 0 Å². The van der Waals surface area contributed by atoms with Crippen LogP contribution in [0.15, 0.2) is 576 Å². The number of thiophene rings is 1. The van der Waals surface area contributed by atoms with Gasteiger partial charge in [-0.1, -0.05) is 479 Å². The Morgan fingerprint density at radius 3 is 0.894 bits per heavy atom. The van der Waals surface area contributed by atoms with Crippen LogP contribution in [0.3, 0.4) is 0 Å². The summed E-state index contributed by atoms with van der Waals surface area (Å²) in [5.41, 5.74) is 34.7. The molecule has 0 aliphatic rings. The summed E-state index contributed by atoms with van der Waals surface area (Å²) in [5.74, 6) is 1.96. The maximum atomic E-state index is 4.80. The number of hydrogen-bond donors (Lipinski definition) is 3. The highest BCUT2D eigenvalue weighted by Crippen LogP contribution is 2.42. The molecule has 0 bridgehead atoms. The summed E-state index contributed by atoms with van der Waals surface area (Å²) in [6.07, 6.45) is 1.92. The van der Waals surface area contributed by atoms with Crippen molar-refractivity contribution in [3.8, 4) is 123 Å². The van der Waals surface area contributed by atoms with E-state index in [9.17, 15) is 0 Å². The van der Waals surface area contributed by atoms with E-state index in [1.807, 2.05) is 157 Å². The number of aromatic nitrogens is 3. The second-order valence-electron chi connectivity index (χ2n) is 34.8. The zero-order valence-corrected chi connectivity index (χ0v) is 79.3. The SMILES string of the molecule is c1ccc(-c2ccc(Cc3ccc(-c4ccccc4)cc3)cc2)cc1.c1ccc(-c2ccc(Cc3cccc(-c4ccccc4)c3)cc2)cc1.c1ccc(Nc2ccc(-c3ccc4sc5ccc(-c6cccc7ccccc67)cc5c4c3)cc2)cc1.c1ccc(Nc2ccc(-c3ccccc3)c(-c3ccccc3)c2)cc1.c1ccc(Nc2cccc(-c3nc(-c4ccccc4)nc(-c4ccccc4)n3)c2)cc1. The van der Waals surface area contributed by atoms with E-state index < -0.39 is 0 Å². The maximum absolute atomic E-state index is 4.80. The first-order chi connectivity index (χ1) is 70.3. The molecule has 2 aromatic heterocycles. The lowest BCUT2D eigenvalue weighted by Gasteiger charge is -2.14. The van der Waals surface area contributed by atoms with Crippen LogP contribution in [0.5, 0.6) is 0 Å². The van der Waals surface area contributed by atoms with Crippen LogP contribution in [0.25, 0.3) is 154 Å². The third-order valence-electron chi connectivity index (χ3n) is 25.0. The van der Waals surface area contributed by atoms with Crippen LogP contribution in [-0.4, -0.2) is 15.0 Å². The largest absolute Gasteiger partial charge is 0.356 e. The van der Waals surface area contributed by atoms with Crippen LogP contribution in [-0.2, 0) is 12.8 Å². The van der Waals surface area contributed by atoms with Crippen molar-refractivity contribution in [3.05, 3.63) is 599 Å². The van der Waals surface area contributed by atoms with Gasteiger partial charge in [0, 0.05) is 71.0 Å². The van der Waals surface area contributed by atoms with Crippen LogP contribution in [0.1, 0.15) is 22.3 Å². The molecule has 6 nitrogen and oxygen atoms in total. The first kappa shape index (κ1) is 91.5.